The van der Waals surface area contributed by atoms with Crippen LogP contribution in [0.3, 0.4) is 0 Å². The molecular formula is C10H11BrO4. The average Bonchev–Trinajstić information content (AvgIpc) is 2.26. The first-order valence-corrected chi connectivity index (χ1v) is 5.31. The Morgan fingerprint density at radius 1 is 1.40 bits per heavy atom. The molecule has 0 bridgehead atoms. The van der Waals surface area contributed by atoms with Gasteiger partial charge in [0.2, 0.25) is 0 Å². The Labute approximate surface area is 95.9 Å². The maximum atomic E-state index is 11.1. The largest absolute Gasteiger partial charge is 0.496 e. The predicted octanol–water partition coefficient (Wildman–Crippen LogP) is 2.30. The molecule has 1 rings (SSSR count). The molecule has 0 atom stereocenters. The molecule has 0 saturated carbocycles. The van der Waals surface area contributed by atoms with E-state index in [2.05, 4.69) is 15.9 Å². The van der Waals surface area contributed by atoms with E-state index in [0.29, 0.717) is 16.8 Å². The summed E-state index contributed by atoms with van der Waals surface area (Å²) in [6, 6.07) is 3.38. The Morgan fingerprint density at radius 3 is 2.47 bits per heavy atom. The second kappa shape index (κ2) is 5.02. The van der Waals surface area contributed by atoms with Gasteiger partial charge in [-0.1, -0.05) is 22.0 Å². The van der Waals surface area contributed by atoms with E-state index in [0.717, 1.165) is 5.56 Å². The van der Waals surface area contributed by atoms with E-state index in [-0.39, 0.29) is 5.56 Å². The molecule has 0 aromatic heterocycles. The molecule has 0 amide bonds. The third-order valence-corrected chi connectivity index (χ3v) is 2.59. The second-order valence-electron chi connectivity index (χ2n) is 2.77. The Kier molecular flexibility index (Phi) is 3.96. The van der Waals surface area contributed by atoms with Crippen molar-refractivity contribution >= 4 is 21.9 Å². The molecule has 82 valence electrons. The van der Waals surface area contributed by atoms with Crippen molar-refractivity contribution < 1.29 is 19.4 Å². The Bertz CT molecular complexity index is 376. The first kappa shape index (κ1) is 11.8. The molecule has 0 fully saturated rings. The van der Waals surface area contributed by atoms with Gasteiger partial charge in [-0.05, 0) is 6.07 Å². The lowest BCUT2D eigenvalue weighted by atomic mass is 10.1. The normalized spacial score (nSPS) is 9.80. The highest BCUT2D eigenvalue weighted by atomic mass is 79.9. The van der Waals surface area contributed by atoms with E-state index in [4.69, 9.17) is 14.6 Å². The fourth-order valence-electron chi connectivity index (χ4n) is 1.32. The molecule has 0 aliphatic rings. The molecule has 0 radical (unpaired) electrons. The van der Waals surface area contributed by atoms with Crippen molar-refractivity contribution in [2.45, 2.75) is 5.33 Å². The number of aromatic carboxylic acids is 1. The number of rotatable bonds is 4. The summed E-state index contributed by atoms with van der Waals surface area (Å²) in [6.45, 7) is 0. The molecule has 4 nitrogen and oxygen atoms in total. The minimum atomic E-state index is -1.06. The summed E-state index contributed by atoms with van der Waals surface area (Å²) in [5, 5.41) is 9.58. The minimum absolute atomic E-state index is 0.0527. The Hall–Kier alpha value is -1.23. The van der Waals surface area contributed by atoms with Crippen molar-refractivity contribution in [2.24, 2.45) is 0 Å². The van der Waals surface area contributed by atoms with Gasteiger partial charge in [-0.15, -0.1) is 0 Å². The summed E-state index contributed by atoms with van der Waals surface area (Å²) >= 11 is 3.27. The lowest BCUT2D eigenvalue weighted by Gasteiger charge is -2.12. The number of methoxy groups -OCH3 is 2. The third-order valence-electron chi connectivity index (χ3n) is 1.98. The number of carbonyl (C=O) groups is 1. The van der Waals surface area contributed by atoms with Crippen molar-refractivity contribution in [1.82, 2.24) is 0 Å². The zero-order valence-corrected chi connectivity index (χ0v) is 10.00. The molecule has 1 aromatic carbocycles. The highest BCUT2D eigenvalue weighted by molar-refractivity contribution is 9.08. The van der Waals surface area contributed by atoms with E-state index in [1.807, 2.05) is 0 Å². The van der Waals surface area contributed by atoms with Gasteiger partial charge >= 0.3 is 5.97 Å². The summed E-state index contributed by atoms with van der Waals surface area (Å²) in [6.07, 6.45) is 0. The van der Waals surface area contributed by atoms with Crippen LogP contribution in [0.15, 0.2) is 12.1 Å². The van der Waals surface area contributed by atoms with Crippen molar-refractivity contribution in [1.29, 1.82) is 0 Å². The van der Waals surface area contributed by atoms with Crippen molar-refractivity contribution in [3.63, 3.8) is 0 Å². The van der Waals surface area contributed by atoms with Gasteiger partial charge in [-0.25, -0.2) is 4.79 Å². The monoisotopic (exact) mass is 274 g/mol. The van der Waals surface area contributed by atoms with Crippen molar-refractivity contribution in [3.05, 3.63) is 23.3 Å². The number of alkyl halides is 1. The van der Waals surface area contributed by atoms with Crippen LogP contribution in [0.1, 0.15) is 15.9 Å². The topological polar surface area (TPSA) is 55.8 Å². The van der Waals surface area contributed by atoms with Crippen LogP contribution in [0.25, 0.3) is 0 Å². The van der Waals surface area contributed by atoms with Gasteiger partial charge < -0.3 is 14.6 Å². The molecule has 0 aliphatic carbocycles. The third kappa shape index (κ3) is 2.23. The van der Waals surface area contributed by atoms with Crippen LogP contribution >= 0.6 is 15.9 Å². The molecule has 15 heavy (non-hydrogen) atoms. The Morgan fingerprint density at radius 2 is 2.07 bits per heavy atom. The van der Waals surface area contributed by atoms with Crippen LogP contribution in [-0.4, -0.2) is 25.3 Å². The fourth-order valence-corrected chi connectivity index (χ4v) is 1.76. The smallest absolute Gasteiger partial charge is 0.343 e. The highest BCUT2D eigenvalue weighted by Gasteiger charge is 2.20. The summed E-state index contributed by atoms with van der Waals surface area (Å²) in [4.78, 5) is 11.1. The maximum absolute atomic E-state index is 11.1. The quantitative estimate of drug-likeness (QED) is 0.856. The second-order valence-corrected chi connectivity index (χ2v) is 3.33. The van der Waals surface area contributed by atoms with E-state index in [9.17, 15) is 4.79 Å². The van der Waals surface area contributed by atoms with Gasteiger partial charge in [0.05, 0.1) is 14.2 Å². The van der Waals surface area contributed by atoms with Gasteiger partial charge in [-0.3, -0.25) is 0 Å². The lowest BCUT2D eigenvalue weighted by Crippen LogP contribution is -2.05. The number of carboxylic acids is 1. The standard InChI is InChI=1S/C10H11BrO4/c1-14-7-4-3-6(5-11)9(15-2)8(7)10(12)13/h3-4H,5H2,1-2H3,(H,12,13). The number of carboxylic acid groups (broad SMARTS) is 1. The Balaban J connectivity index is 3.44. The molecule has 1 aromatic rings. The summed E-state index contributed by atoms with van der Waals surface area (Å²) in [5.74, 6) is -0.436. The zero-order valence-electron chi connectivity index (χ0n) is 8.41. The van der Waals surface area contributed by atoms with Gasteiger partial charge in [0, 0.05) is 10.9 Å². The molecule has 0 spiro atoms. The fraction of sp³-hybridized carbons (Fsp3) is 0.300. The molecule has 0 aliphatic heterocycles. The predicted molar refractivity (Wildman–Crippen MR) is 59.1 cm³/mol. The first-order chi connectivity index (χ1) is 7.15. The summed E-state index contributed by atoms with van der Waals surface area (Å²) < 4.78 is 10.1. The lowest BCUT2D eigenvalue weighted by molar-refractivity contribution is 0.0689. The number of benzene rings is 1. The van der Waals surface area contributed by atoms with E-state index < -0.39 is 5.97 Å². The number of hydrogen-bond donors (Lipinski definition) is 1. The molecule has 0 unspecified atom stereocenters. The van der Waals surface area contributed by atoms with E-state index in [1.54, 1.807) is 12.1 Å². The van der Waals surface area contributed by atoms with E-state index >= 15 is 0 Å². The van der Waals surface area contributed by atoms with Crippen LogP contribution < -0.4 is 9.47 Å². The van der Waals surface area contributed by atoms with Gasteiger partial charge in [0.1, 0.15) is 17.1 Å². The zero-order chi connectivity index (χ0) is 11.4. The molecule has 5 heteroatoms. The van der Waals surface area contributed by atoms with Gasteiger partial charge in [0.25, 0.3) is 0 Å². The number of hydrogen-bond acceptors (Lipinski definition) is 3. The molecule has 1 N–H and O–H groups in total. The summed E-state index contributed by atoms with van der Waals surface area (Å²) in [7, 11) is 2.86. The average molecular weight is 275 g/mol. The maximum Gasteiger partial charge on any atom is 0.343 e. The number of halogens is 1. The SMILES string of the molecule is COc1ccc(CBr)c(OC)c1C(=O)O. The molecule has 0 heterocycles. The van der Waals surface area contributed by atoms with Crippen LogP contribution in [0.4, 0.5) is 0 Å². The highest BCUT2D eigenvalue weighted by Crippen LogP contribution is 2.33. The summed E-state index contributed by atoms with van der Waals surface area (Å²) in [5.41, 5.74) is 0.827. The first-order valence-electron chi connectivity index (χ1n) is 4.18. The van der Waals surface area contributed by atoms with Crippen LogP contribution in [-0.2, 0) is 5.33 Å². The molecule has 0 saturated heterocycles. The number of ether oxygens (including phenoxy) is 2. The van der Waals surface area contributed by atoms with Gasteiger partial charge in [-0.2, -0.15) is 0 Å². The van der Waals surface area contributed by atoms with Crippen LogP contribution in [0.2, 0.25) is 0 Å². The van der Waals surface area contributed by atoms with Crippen molar-refractivity contribution in [3.8, 4) is 11.5 Å². The molecular weight excluding hydrogens is 264 g/mol. The van der Waals surface area contributed by atoms with Crippen LogP contribution in [0, 0.1) is 0 Å². The van der Waals surface area contributed by atoms with Crippen LogP contribution in [0.5, 0.6) is 11.5 Å². The minimum Gasteiger partial charge on any atom is -0.496 e. The van der Waals surface area contributed by atoms with E-state index in [1.165, 1.54) is 14.2 Å². The van der Waals surface area contributed by atoms with Crippen molar-refractivity contribution in [2.75, 3.05) is 14.2 Å². The van der Waals surface area contributed by atoms with Gasteiger partial charge in [0.15, 0.2) is 0 Å².